The minimum absolute atomic E-state index is 0.194. The summed E-state index contributed by atoms with van der Waals surface area (Å²) in [6.07, 6.45) is 9.05. The van der Waals surface area contributed by atoms with Crippen molar-refractivity contribution in [3.8, 4) is 5.75 Å². The van der Waals surface area contributed by atoms with Crippen LogP contribution in [0.1, 0.15) is 24.8 Å². The molecule has 15 heavy (non-hydrogen) atoms. The van der Waals surface area contributed by atoms with Crippen molar-refractivity contribution >= 4 is 5.57 Å². The fraction of sp³-hybridized carbons (Fsp3) is 0.417. The molecule has 2 N–H and O–H groups in total. The average molecular weight is 204 g/mol. The Hall–Kier alpha value is -1.35. The minimum atomic E-state index is 0.194. The van der Waals surface area contributed by atoms with Gasteiger partial charge in [0.15, 0.2) is 0 Å². The Bertz CT molecular complexity index is 374. The van der Waals surface area contributed by atoms with Crippen molar-refractivity contribution in [1.29, 1.82) is 0 Å². The molecule has 1 aliphatic rings. The first-order valence-electron chi connectivity index (χ1n) is 5.25. The second-order valence-electron chi connectivity index (χ2n) is 3.86. The van der Waals surface area contributed by atoms with E-state index in [4.69, 9.17) is 10.5 Å². The number of methoxy groups -OCH3 is 1. The zero-order valence-electron chi connectivity index (χ0n) is 8.94. The van der Waals surface area contributed by atoms with Gasteiger partial charge in [-0.25, -0.2) is 0 Å². The maximum absolute atomic E-state index is 5.90. The van der Waals surface area contributed by atoms with Crippen LogP contribution in [0.4, 0.5) is 0 Å². The van der Waals surface area contributed by atoms with Crippen LogP contribution in [-0.4, -0.2) is 18.1 Å². The summed E-state index contributed by atoms with van der Waals surface area (Å²) in [6, 6.07) is 2.21. The molecule has 0 fully saturated rings. The van der Waals surface area contributed by atoms with Crippen molar-refractivity contribution in [2.24, 2.45) is 5.73 Å². The highest BCUT2D eigenvalue weighted by Crippen LogP contribution is 2.27. The number of pyridine rings is 1. The molecule has 1 aliphatic carbocycles. The quantitative estimate of drug-likeness (QED) is 0.801. The number of aromatic nitrogens is 1. The zero-order valence-corrected chi connectivity index (χ0v) is 8.94. The van der Waals surface area contributed by atoms with E-state index < -0.39 is 0 Å². The molecular formula is C12H16N2O. The van der Waals surface area contributed by atoms with Crippen LogP contribution in [-0.2, 0) is 0 Å². The first kappa shape index (κ1) is 10.2. The topological polar surface area (TPSA) is 48.1 Å². The van der Waals surface area contributed by atoms with Crippen LogP contribution < -0.4 is 10.5 Å². The summed E-state index contributed by atoms with van der Waals surface area (Å²) in [7, 11) is 1.65. The third-order valence-corrected chi connectivity index (χ3v) is 2.72. The average Bonchev–Trinajstić information content (AvgIpc) is 2.29. The first-order chi connectivity index (χ1) is 7.29. The van der Waals surface area contributed by atoms with Crippen molar-refractivity contribution in [2.75, 3.05) is 7.11 Å². The second kappa shape index (κ2) is 4.45. The number of hydrogen-bond donors (Lipinski definition) is 1. The summed E-state index contributed by atoms with van der Waals surface area (Å²) in [4.78, 5) is 4.15. The van der Waals surface area contributed by atoms with Gasteiger partial charge in [-0.05, 0) is 36.5 Å². The summed E-state index contributed by atoms with van der Waals surface area (Å²) in [6.45, 7) is 0. The van der Waals surface area contributed by atoms with Crippen LogP contribution in [0.3, 0.4) is 0 Å². The Balaban J connectivity index is 2.28. The first-order valence-corrected chi connectivity index (χ1v) is 5.25. The minimum Gasteiger partial charge on any atom is -0.495 e. The third-order valence-electron chi connectivity index (χ3n) is 2.72. The molecule has 1 aromatic rings. The zero-order chi connectivity index (χ0) is 10.7. The molecule has 0 spiro atoms. The van der Waals surface area contributed by atoms with E-state index >= 15 is 0 Å². The molecule has 1 atom stereocenters. The SMILES string of the molecule is COc1cncc(C2=CC(N)CCC2)c1. The Morgan fingerprint density at radius 2 is 2.33 bits per heavy atom. The second-order valence-corrected chi connectivity index (χ2v) is 3.86. The Morgan fingerprint density at radius 3 is 3.07 bits per heavy atom. The van der Waals surface area contributed by atoms with Crippen molar-refractivity contribution in [3.63, 3.8) is 0 Å². The summed E-state index contributed by atoms with van der Waals surface area (Å²) in [5, 5.41) is 0. The standard InChI is InChI=1S/C12H16N2O/c1-15-12-6-10(7-14-8-12)9-3-2-4-11(13)5-9/h5-8,11H,2-4,13H2,1H3. The lowest BCUT2D eigenvalue weighted by Crippen LogP contribution is -2.20. The molecule has 0 amide bonds. The van der Waals surface area contributed by atoms with E-state index in [1.54, 1.807) is 13.3 Å². The van der Waals surface area contributed by atoms with Gasteiger partial charge < -0.3 is 10.5 Å². The molecule has 0 aromatic carbocycles. The van der Waals surface area contributed by atoms with E-state index in [-0.39, 0.29) is 6.04 Å². The van der Waals surface area contributed by atoms with E-state index in [0.29, 0.717) is 0 Å². The summed E-state index contributed by atoms with van der Waals surface area (Å²) in [5.41, 5.74) is 8.33. The lowest BCUT2D eigenvalue weighted by atomic mass is 9.92. The predicted molar refractivity (Wildman–Crippen MR) is 60.6 cm³/mol. The number of hydrogen-bond acceptors (Lipinski definition) is 3. The molecule has 1 heterocycles. The Kier molecular flexibility index (Phi) is 3.02. The monoisotopic (exact) mass is 204 g/mol. The lowest BCUT2D eigenvalue weighted by molar-refractivity contribution is 0.412. The number of nitrogens with two attached hydrogens (primary N) is 1. The van der Waals surface area contributed by atoms with E-state index in [0.717, 1.165) is 30.6 Å². The molecule has 0 bridgehead atoms. The van der Waals surface area contributed by atoms with Gasteiger partial charge in [-0.2, -0.15) is 0 Å². The molecule has 2 rings (SSSR count). The molecule has 1 unspecified atom stereocenters. The van der Waals surface area contributed by atoms with Crippen molar-refractivity contribution in [2.45, 2.75) is 25.3 Å². The Morgan fingerprint density at radius 1 is 1.47 bits per heavy atom. The molecule has 0 radical (unpaired) electrons. The number of allylic oxidation sites excluding steroid dienone is 1. The number of nitrogens with zero attached hydrogens (tertiary/aromatic N) is 1. The van der Waals surface area contributed by atoms with Gasteiger partial charge in [0.25, 0.3) is 0 Å². The fourth-order valence-corrected chi connectivity index (χ4v) is 1.90. The van der Waals surface area contributed by atoms with Gasteiger partial charge >= 0.3 is 0 Å². The highest BCUT2D eigenvalue weighted by molar-refractivity contribution is 5.67. The summed E-state index contributed by atoms with van der Waals surface area (Å²) >= 11 is 0. The highest BCUT2D eigenvalue weighted by Gasteiger charge is 2.11. The van der Waals surface area contributed by atoms with Gasteiger partial charge in [0.05, 0.1) is 13.3 Å². The van der Waals surface area contributed by atoms with Gasteiger partial charge in [-0.15, -0.1) is 0 Å². The van der Waals surface area contributed by atoms with E-state index in [1.807, 2.05) is 12.3 Å². The summed E-state index contributed by atoms with van der Waals surface area (Å²) in [5.74, 6) is 0.799. The molecule has 3 heteroatoms. The molecule has 0 saturated carbocycles. The van der Waals surface area contributed by atoms with E-state index in [2.05, 4.69) is 11.1 Å². The number of rotatable bonds is 2. The van der Waals surface area contributed by atoms with Gasteiger partial charge in [0.2, 0.25) is 0 Å². The Labute approximate surface area is 90.0 Å². The smallest absolute Gasteiger partial charge is 0.137 e. The molecule has 80 valence electrons. The molecule has 0 saturated heterocycles. The lowest BCUT2D eigenvalue weighted by Gasteiger charge is -2.17. The van der Waals surface area contributed by atoms with Gasteiger partial charge in [0, 0.05) is 12.2 Å². The van der Waals surface area contributed by atoms with Crippen LogP contribution in [0, 0.1) is 0 Å². The van der Waals surface area contributed by atoms with Crippen LogP contribution in [0.25, 0.3) is 5.57 Å². The predicted octanol–water partition coefficient (Wildman–Crippen LogP) is 1.98. The summed E-state index contributed by atoms with van der Waals surface area (Å²) < 4.78 is 5.15. The van der Waals surface area contributed by atoms with Gasteiger partial charge in [-0.3, -0.25) is 4.98 Å². The molecular weight excluding hydrogens is 188 g/mol. The molecule has 0 aliphatic heterocycles. The fourth-order valence-electron chi connectivity index (χ4n) is 1.90. The highest BCUT2D eigenvalue weighted by atomic mass is 16.5. The van der Waals surface area contributed by atoms with Crippen molar-refractivity contribution in [3.05, 3.63) is 30.1 Å². The van der Waals surface area contributed by atoms with Crippen molar-refractivity contribution in [1.82, 2.24) is 4.98 Å². The molecule has 1 aromatic heterocycles. The van der Waals surface area contributed by atoms with Crippen LogP contribution in [0.5, 0.6) is 5.75 Å². The van der Waals surface area contributed by atoms with Crippen LogP contribution in [0.2, 0.25) is 0 Å². The van der Waals surface area contributed by atoms with Crippen molar-refractivity contribution < 1.29 is 4.74 Å². The van der Waals surface area contributed by atoms with Gasteiger partial charge in [-0.1, -0.05) is 6.08 Å². The van der Waals surface area contributed by atoms with Crippen LogP contribution in [0.15, 0.2) is 24.5 Å². The van der Waals surface area contributed by atoms with Gasteiger partial charge in [0.1, 0.15) is 5.75 Å². The maximum Gasteiger partial charge on any atom is 0.137 e. The van der Waals surface area contributed by atoms with Crippen LogP contribution >= 0.6 is 0 Å². The molecule has 3 nitrogen and oxygen atoms in total. The largest absolute Gasteiger partial charge is 0.495 e. The third kappa shape index (κ3) is 2.36. The van der Waals surface area contributed by atoms with E-state index in [9.17, 15) is 0 Å². The van der Waals surface area contributed by atoms with E-state index in [1.165, 1.54) is 5.57 Å². The normalized spacial score (nSPS) is 20.9. The number of ether oxygens (including phenoxy) is 1. The maximum atomic E-state index is 5.90.